The Morgan fingerprint density at radius 2 is 1.90 bits per heavy atom. The summed E-state index contributed by atoms with van der Waals surface area (Å²) in [5.41, 5.74) is 1.73. The van der Waals surface area contributed by atoms with E-state index in [4.69, 9.17) is 4.98 Å². The molecule has 2 aliphatic rings. The van der Waals surface area contributed by atoms with Crippen molar-refractivity contribution in [1.82, 2.24) is 9.97 Å². The monoisotopic (exact) mass is 267 g/mol. The van der Waals surface area contributed by atoms with Gasteiger partial charge in [-0.1, -0.05) is 26.0 Å². The van der Waals surface area contributed by atoms with Crippen molar-refractivity contribution in [3.8, 4) is 0 Å². The van der Waals surface area contributed by atoms with E-state index in [0.29, 0.717) is 12.1 Å². The third-order valence-corrected chi connectivity index (χ3v) is 5.46. The molecule has 4 rings (SSSR count). The average molecular weight is 267 g/mol. The Bertz CT molecular complexity index is 753. The van der Waals surface area contributed by atoms with Crippen molar-refractivity contribution < 1.29 is 9.90 Å². The molecule has 0 N–H and O–H groups in total. The van der Waals surface area contributed by atoms with Gasteiger partial charge in [-0.2, -0.15) is 0 Å². The van der Waals surface area contributed by atoms with Crippen LogP contribution in [-0.4, -0.2) is 15.9 Å². The third kappa shape index (κ3) is 1.08. The summed E-state index contributed by atoms with van der Waals surface area (Å²) in [5.74, 6) is -0.846. The van der Waals surface area contributed by atoms with Crippen LogP contribution < -0.4 is 5.11 Å². The zero-order valence-electron chi connectivity index (χ0n) is 11.5. The van der Waals surface area contributed by atoms with Gasteiger partial charge in [0.25, 0.3) is 0 Å². The molecule has 0 aliphatic heterocycles. The fraction of sp³-hybridized carbons (Fsp3) is 0.438. The van der Waals surface area contributed by atoms with Gasteiger partial charge in [0.2, 0.25) is 0 Å². The molecule has 0 amide bonds. The SMILES string of the molecule is CC1(C)C2CCC1(C(=O)[O-])c1nc3ccccc3nc12. The predicted octanol–water partition coefficient (Wildman–Crippen LogP) is 1.53. The summed E-state index contributed by atoms with van der Waals surface area (Å²) in [6.07, 6.45) is 1.45. The van der Waals surface area contributed by atoms with Crippen molar-refractivity contribution in [2.45, 2.75) is 38.0 Å². The molecule has 1 saturated carbocycles. The van der Waals surface area contributed by atoms with Crippen LogP contribution in [0.15, 0.2) is 24.3 Å². The minimum atomic E-state index is -1.01. The topological polar surface area (TPSA) is 65.9 Å². The maximum absolute atomic E-state index is 11.9. The Kier molecular flexibility index (Phi) is 1.99. The number of carboxylic acid groups (broad SMARTS) is 1. The minimum absolute atomic E-state index is 0.160. The van der Waals surface area contributed by atoms with Crippen LogP contribution in [0.5, 0.6) is 0 Å². The average Bonchev–Trinajstić information content (AvgIpc) is 2.79. The lowest BCUT2D eigenvalue weighted by Crippen LogP contribution is -2.51. The molecule has 102 valence electrons. The van der Waals surface area contributed by atoms with Crippen LogP contribution in [0.25, 0.3) is 11.0 Å². The number of carbonyl (C=O) groups excluding carboxylic acids is 1. The van der Waals surface area contributed by atoms with Crippen LogP contribution in [0.3, 0.4) is 0 Å². The molecule has 1 aromatic heterocycles. The van der Waals surface area contributed by atoms with Gasteiger partial charge in [-0.3, -0.25) is 0 Å². The van der Waals surface area contributed by atoms with Crippen molar-refractivity contribution in [1.29, 1.82) is 0 Å². The Hall–Kier alpha value is -1.97. The lowest BCUT2D eigenvalue weighted by molar-refractivity contribution is -0.317. The van der Waals surface area contributed by atoms with E-state index in [2.05, 4.69) is 4.98 Å². The summed E-state index contributed by atoms with van der Waals surface area (Å²) in [7, 11) is 0. The molecule has 20 heavy (non-hydrogen) atoms. The molecular weight excluding hydrogens is 252 g/mol. The van der Waals surface area contributed by atoms with Crippen molar-refractivity contribution in [2.75, 3.05) is 0 Å². The summed E-state index contributed by atoms with van der Waals surface area (Å²) >= 11 is 0. The standard InChI is InChI=1S/C16H16N2O2/c1-15(2)9-7-8-16(15,14(19)20)13-12(9)17-10-5-3-4-6-11(10)18-13/h3-6,9H,7-8H2,1-2H3,(H,19,20)/p-1. The summed E-state index contributed by atoms with van der Waals surface area (Å²) in [6, 6.07) is 7.63. The number of nitrogens with zero attached hydrogens (tertiary/aromatic N) is 2. The van der Waals surface area contributed by atoms with Crippen LogP contribution in [0.1, 0.15) is 44.0 Å². The maximum atomic E-state index is 11.9. The highest BCUT2D eigenvalue weighted by Crippen LogP contribution is 2.66. The Morgan fingerprint density at radius 3 is 2.55 bits per heavy atom. The second-order valence-corrected chi connectivity index (χ2v) is 6.45. The van der Waals surface area contributed by atoms with Gasteiger partial charge in [0, 0.05) is 5.92 Å². The summed E-state index contributed by atoms with van der Waals surface area (Å²) in [4.78, 5) is 21.3. The molecular formula is C16H15N2O2-. The third-order valence-electron chi connectivity index (χ3n) is 5.46. The smallest absolute Gasteiger partial charge is 0.0890 e. The first kappa shape index (κ1) is 11.8. The molecule has 2 aromatic rings. The van der Waals surface area contributed by atoms with E-state index >= 15 is 0 Å². The van der Waals surface area contributed by atoms with Gasteiger partial charge in [-0.05, 0) is 30.4 Å². The lowest BCUT2D eigenvalue weighted by Gasteiger charge is -2.38. The van der Waals surface area contributed by atoms with Crippen LogP contribution >= 0.6 is 0 Å². The van der Waals surface area contributed by atoms with Crippen molar-refractivity contribution in [2.24, 2.45) is 5.41 Å². The van der Waals surface area contributed by atoms with E-state index in [9.17, 15) is 9.90 Å². The zero-order valence-corrected chi connectivity index (χ0v) is 11.5. The number of aromatic nitrogens is 2. The highest BCUT2D eigenvalue weighted by molar-refractivity contribution is 5.85. The fourth-order valence-electron chi connectivity index (χ4n) is 4.28. The zero-order chi connectivity index (χ0) is 14.1. The second kappa shape index (κ2) is 3.37. The largest absolute Gasteiger partial charge is 0.549 e. The van der Waals surface area contributed by atoms with E-state index < -0.39 is 11.4 Å². The minimum Gasteiger partial charge on any atom is -0.549 e. The van der Waals surface area contributed by atoms with Gasteiger partial charge in [-0.25, -0.2) is 9.97 Å². The molecule has 0 saturated heterocycles. The first-order chi connectivity index (χ1) is 9.48. The summed E-state index contributed by atoms with van der Waals surface area (Å²) in [6.45, 7) is 4.02. The predicted molar refractivity (Wildman–Crippen MR) is 72.0 cm³/mol. The van der Waals surface area contributed by atoms with Crippen molar-refractivity contribution >= 4 is 17.0 Å². The molecule has 0 radical (unpaired) electrons. The quantitative estimate of drug-likeness (QED) is 0.786. The first-order valence-corrected chi connectivity index (χ1v) is 6.97. The van der Waals surface area contributed by atoms with E-state index in [1.54, 1.807) is 0 Å². The first-order valence-electron chi connectivity index (χ1n) is 6.97. The molecule has 0 spiro atoms. The van der Waals surface area contributed by atoms with Crippen LogP contribution in [-0.2, 0) is 10.2 Å². The van der Waals surface area contributed by atoms with E-state index in [1.165, 1.54) is 0 Å². The number of para-hydroxylation sites is 2. The molecule has 2 atom stereocenters. The maximum Gasteiger partial charge on any atom is 0.0890 e. The number of carbonyl (C=O) groups is 1. The van der Waals surface area contributed by atoms with Crippen LogP contribution in [0.2, 0.25) is 0 Å². The van der Waals surface area contributed by atoms with Crippen molar-refractivity contribution in [3.63, 3.8) is 0 Å². The molecule has 2 aliphatic carbocycles. The Labute approximate surface area is 116 Å². The van der Waals surface area contributed by atoms with Gasteiger partial charge in [-0.15, -0.1) is 0 Å². The fourth-order valence-corrected chi connectivity index (χ4v) is 4.28. The highest BCUT2D eigenvalue weighted by Gasteiger charge is 2.64. The molecule has 4 heteroatoms. The van der Waals surface area contributed by atoms with Crippen LogP contribution in [0, 0.1) is 5.41 Å². The van der Waals surface area contributed by atoms with Gasteiger partial charge in [0.05, 0.1) is 33.8 Å². The van der Waals surface area contributed by atoms with Crippen molar-refractivity contribution in [3.05, 3.63) is 35.7 Å². The van der Waals surface area contributed by atoms with Gasteiger partial charge < -0.3 is 9.90 Å². The molecule has 2 unspecified atom stereocenters. The molecule has 1 fully saturated rings. The van der Waals surface area contributed by atoms with E-state index in [0.717, 1.165) is 23.1 Å². The summed E-state index contributed by atoms with van der Waals surface area (Å²) in [5, 5.41) is 11.9. The summed E-state index contributed by atoms with van der Waals surface area (Å²) < 4.78 is 0. The van der Waals surface area contributed by atoms with Crippen LogP contribution in [0.4, 0.5) is 0 Å². The number of fused-ring (bicyclic) bond motifs is 6. The number of benzene rings is 1. The number of rotatable bonds is 1. The second-order valence-electron chi connectivity index (χ2n) is 6.45. The molecule has 2 bridgehead atoms. The van der Waals surface area contributed by atoms with E-state index in [1.807, 2.05) is 38.1 Å². The molecule has 1 heterocycles. The van der Waals surface area contributed by atoms with Gasteiger partial charge in [0.15, 0.2) is 0 Å². The Balaban J connectivity index is 2.10. The van der Waals surface area contributed by atoms with Gasteiger partial charge >= 0.3 is 0 Å². The molecule has 1 aromatic carbocycles. The number of carboxylic acids is 1. The normalized spacial score (nSPS) is 29.6. The number of hydrogen-bond acceptors (Lipinski definition) is 4. The number of hydrogen-bond donors (Lipinski definition) is 0. The van der Waals surface area contributed by atoms with Gasteiger partial charge in [0.1, 0.15) is 0 Å². The lowest BCUT2D eigenvalue weighted by atomic mass is 9.68. The molecule has 4 nitrogen and oxygen atoms in total. The number of aliphatic carboxylic acids is 1. The Morgan fingerprint density at radius 1 is 1.25 bits per heavy atom. The van der Waals surface area contributed by atoms with E-state index in [-0.39, 0.29) is 11.3 Å². The highest BCUT2D eigenvalue weighted by atomic mass is 16.4.